The number of rotatable bonds is 2. The minimum atomic E-state index is -0.552. The van der Waals surface area contributed by atoms with Crippen LogP contribution in [0, 0.1) is 10.8 Å². The van der Waals surface area contributed by atoms with Crippen LogP contribution >= 0.6 is 0 Å². The lowest BCUT2D eigenvalue weighted by Crippen LogP contribution is -2.27. The van der Waals surface area contributed by atoms with Crippen LogP contribution in [-0.2, 0) is 9.59 Å². The molecule has 2 aromatic carbocycles. The Bertz CT molecular complexity index is 1090. The number of hydrogen-bond acceptors (Lipinski definition) is 4. The van der Waals surface area contributed by atoms with Gasteiger partial charge < -0.3 is 15.1 Å². The van der Waals surface area contributed by atoms with Crippen LogP contribution in [0.2, 0.25) is 0 Å². The molecule has 0 aliphatic carbocycles. The summed E-state index contributed by atoms with van der Waals surface area (Å²) >= 11 is 0. The summed E-state index contributed by atoms with van der Waals surface area (Å²) in [5.41, 5.74) is 0.597. The highest BCUT2D eigenvalue weighted by molar-refractivity contribution is 5.99. The fourth-order valence-corrected chi connectivity index (χ4v) is 2.65. The minimum Gasteiger partial charge on any atom is -0.456 e. The number of fused-ring (bicyclic) bond motifs is 2. The van der Waals surface area contributed by atoms with Crippen molar-refractivity contribution >= 4 is 45.1 Å². The molecule has 0 spiro atoms. The van der Waals surface area contributed by atoms with Gasteiger partial charge in [-0.25, -0.2) is 0 Å². The van der Waals surface area contributed by atoms with Crippen LogP contribution in [0.5, 0.6) is 0 Å². The molecule has 1 aromatic heterocycles. The Morgan fingerprint density at radius 3 is 1.45 bits per heavy atom. The summed E-state index contributed by atoms with van der Waals surface area (Å²) in [5.74, 6) is -0.289. The van der Waals surface area contributed by atoms with E-state index < -0.39 is 10.8 Å². The van der Waals surface area contributed by atoms with Gasteiger partial charge in [0.25, 0.3) is 0 Å². The lowest BCUT2D eigenvalue weighted by molar-refractivity contribution is -0.123. The Balaban J connectivity index is 2.05. The molecule has 0 radical (unpaired) electrons. The van der Waals surface area contributed by atoms with E-state index in [2.05, 4.69) is 10.6 Å². The quantitative estimate of drug-likeness (QED) is 0.604. The average Bonchev–Trinajstić information content (AvgIpc) is 2.61. The number of carbonyl (C=O) groups excluding carboxylic acids is 2. The van der Waals surface area contributed by atoms with Crippen molar-refractivity contribution in [3.8, 4) is 0 Å². The Labute approximate surface area is 169 Å². The van der Waals surface area contributed by atoms with Crippen LogP contribution in [-0.4, -0.2) is 11.8 Å². The van der Waals surface area contributed by atoms with Gasteiger partial charge in [-0.05, 0) is 36.4 Å². The second-order valence-corrected chi connectivity index (χ2v) is 9.26. The summed E-state index contributed by atoms with van der Waals surface area (Å²) in [5, 5.41) is 6.38. The predicted molar refractivity (Wildman–Crippen MR) is 116 cm³/mol. The van der Waals surface area contributed by atoms with E-state index in [0.717, 1.165) is 0 Å². The first kappa shape index (κ1) is 20.6. The maximum atomic E-state index is 13.1. The molecule has 6 heteroatoms. The maximum absolute atomic E-state index is 13.1. The van der Waals surface area contributed by atoms with Gasteiger partial charge >= 0.3 is 0 Å². The van der Waals surface area contributed by atoms with Crippen LogP contribution in [0.25, 0.3) is 21.9 Å². The van der Waals surface area contributed by atoms with E-state index in [9.17, 15) is 14.4 Å². The molecule has 3 rings (SSSR count). The molecule has 1 heterocycles. The van der Waals surface area contributed by atoms with E-state index in [1.54, 1.807) is 36.4 Å². The molecular formula is C23H26N2O4. The third-order valence-corrected chi connectivity index (χ3v) is 4.55. The molecule has 0 saturated carbocycles. The zero-order chi connectivity index (χ0) is 21.6. The van der Waals surface area contributed by atoms with Crippen molar-refractivity contribution < 1.29 is 14.0 Å². The van der Waals surface area contributed by atoms with Gasteiger partial charge in [0.2, 0.25) is 17.2 Å². The number of nitrogens with one attached hydrogen (secondary N) is 2. The SMILES string of the molecule is CC(C)(C)C(=O)Nc1ccc2oc3ccc(NC(=O)C(C)(C)C)cc3c(=O)c2c1. The summed E-state index contributed by atoms with van der Waals surface area (Å²) < 4.78 is 5.86. The molecule has 2 N–H and O–H groups in total. The van der Waals surface area contributed by atoms with Crippen LogP contribution in [0.1, 0.15) is 41.5 Å². The fraction of sp³-hybridized carbons (Fsp3) is 0.348. The summed E-state index contributed by atoms with van der Waals surface area (Å²) in [6.45, 7) is 10.9. The van der Waals surface area contributed by atoms with E-state index in [4.69, 9.17) is 4.42 Å². The summed E-state index contributed by atoms with van der Waals surface area (Å²) in [4.78, 5) is 37.6. The molecule has 3 aromatic rings. The van der Waals surface area contributed by atoms with Crippen LogP contribution < -0.4 is 16.1 Å². The fourth-order valence-electron chi connectivity index (χ4n) is 2.65. The molecule has 0 atom stereocenters. The summed E-state index contributed by atoms with van der Waals surface area (Å²) in [6, 6.07) is 9.99. The number of amides is 2. The van der Waals surface area contributed by atoms with Crippen LogP contribution in [0.15, 0.2) is 45.6 Å². The number of anilines is 2. The molecule has 0 aliphatic heterocycles. The highest BCUT2D eigenvalue weighted by atomic mass is 16.3. The van der Waals surface area contributed by atoms with Gasteiger partial charge in [-0.2, -0.15) is 0 Å². The highest BCUT2D eigenvalue weighted by Gasteiger charge is 2.22. The second kappa shape index (κ2) is 7.03. The maximum Gasteiger partial charge on any atom is 0.229 e. The number of hydrogen-bond donors (Lipinski definition) is 2. The molecule has 0 aliphatic rings. The largest absolute Gasteiger partial charge is 0.456 e. The molecule has 0 fully saturated rings. The van der Waals surface area contributed by atoms with Crippen molar-refractivity contribution in [2.24, 2.45) is 10.8 Å². The average molecular weight is 394 g/mol. The predicted octanol–water partition coefficient (Wildman–Crippen LogP) is 4.92. The monoisotopic (exact) mass is 394 g/mol. The van der Waals surface area contributed by atoms with Crippen molar-refractivity contribution in [3.63, 3.8) is 0 Å². The van der Waals surface area contributed by atoms with Crippen molar-refractivity contribution in [3.05, 3.63) is 46.6 Å². The van der Waals surface area contributed by atoms with Crippen molar-refractivity contribution in [2.75, 3.05) is 10.6 Å². The summed E-state index contributed by atoms with van der Waals surface area (Å²) in [7, 11) is 0. The molecule has 29 heavy (non-hydrogen) atoms. The summed E-state index contributed by atoms with van der Waals surface area (Å²) in [6.07, 6.45) is 0. The van der Waals surface area contributed by atoms with E-state index >= 15 is 0 Å². The van der Waals surface area contributed by atoms with Crippen molar-refractivity contribution in [1.29, 1.82) is 0 Å². The van der Waals surface area contributed by atoms with Gasteiger partial charge in [0.1, 0.15) is 11.2 Å². The molecule has 2 amide bonds. The highest BCUT2D eigenvalue weighted by Crippen LogP contribution is 2.26. The normalized spacial score (nSPS) is 12.2. The molecule has 0 bridgehead atoms. The molecule has 0 saturated heterocycles. The molecule has 152 valence electrons. The molecular weight excluding hydrogens is 368 g/mol. The third kappa shape index (κ3) is 4.31. The lowest BCUT2D eigenvalue weighted by atomic mass is 9.95. The Hall–Kier alpha value is -3.15. The Morgan fingerprint density at radius 1 is 0.724 bits per heavy atom. The van der Waals surface area contributed by atoms with Gasteiger partial charge in [0.15, 0.2) is 0 Å². The van der Waals surface area contributed by atoms with E-state index in [1.165, 1.54) is 0 Å². The topological polar surface area (TPSA) is 88.4 Å². The first-order valence-corrected chi connectivity index (χ1v) is 9.50. The van der Waals surface area contributed by atoms with Crippen molar-refractivity contribution in [1.82, 2.24) is 0 Å². The van der Waals surface area contributed by atoms with Gasteiger partial charge in [-0.15, -0.1) is 0 Å². The first-order valence-electron chi connectivity index (χ1n) is 9.50. The van der Waals surface area contributed by atoms with Gasteiger partial charge in [-0.3, -0.25) is 14.4 Å². The number of carbonyl (C=O) groups is 2. The minimum absolute atomic E-state index is 0.144. The Kier molecular flexibility index (Phi) is 4.99. The number of benzene rings is 2. The smallest absolute Gasteiger partial charge is 0.229 e. The zero-order valence-corrected chi connectivity index (χ0v) is 17.6. The zero-order valence-electron chi connectivity index (χ0n) is 17.6. The van der Waals surface area contributed by atoms with Gasteiger partial charge in [0, 0.05) is 22.2 Å². The van der Waals surface area contributed by atoms with Crippen molar-refractivity contribution in [2.45, 2.75) is 41.5 Å². The van der Waals surface area contributed by atoms with E-state index in [1.807, 2.05) is 41.5 Å². The van der Waals surface area contributed by atoms with E-state index in [0.29, 0.717) is 33.3 Å². The molecule has 6 nitrogen and oxygen atoms in total. The second-order valence-electron chi connectivity index (χ2n) is 9.26. The first-order chi connectivity index (χ1) is 13.4. The lowest BCUT2D eigenvalue weighted by Gasteiger charge is -2.18. The van der Waals surface area contributed by atoms with Gasteiger partial charge in [0.05, 0.1) is 10.8 Å². The van der Waals surface area contributed by atoms with E-state index in [-0.39, 0.29) is 17.2 Å². The van der Waals surface area contributed by atoms with Crippen LogP contribution in [0.3, 0.4) is 0 Å². The molecule has 0 unspecified atom stereocenters. The third-order valence-electron chi connectivity index (χ3n) is 4.55. The van der Waals surface area contributed by atoms with Crippen LogP contribution in [0.4, 0.5) is 11.4 Å². The standard InChI is InChI=1S/C23H26N2O4/c1-22(2,3)20(27)24-13-7-9-17-15(11-13)19(26)16-12-14(8-10-18(16)29-17)25-21(28)23(4,5)6/h7-12H,1-6H3,(H,24,27)(H,25,28). The van der Waals surface area contributed by atoms with Gasteiger partial charge in [-0.1, -0.05) is 41.5 Å². The Morgan fingerprint density at radius 2 is 1.10 bits per heavy atom.